The third-order valence-corrected chi connectivity index (χ3v) is 26.2. The van der Waals surface area contributed by atoms with Crippen LogP contribution in [0.1, 0.15) is 120 Å². The smallest absolute Gasteiger partial charge is 0.317 e. The Bertz CT molecular complexity index is 3630. The van der Waals surface area contributed by atoms with Gasteiger partial charge in [0.05, 0.1) is 69.4 Å². The van der Waals surface area contributed by atoms with Gasteiger partial charge in [0, 0.05) is 0 Å². The second-order valence-electron chi connectivity index (χ2n) is 33.0. The van der Waals surface area contributed by atoms with Crippen molar-refractivity contribution in [1.29, 1.82) is 0 Å². The predicted molar refractivity (Wildman–Crippen MR) is 365 cm³/mol. The maximum Gasteiger partial charge on any atom is 0.317 e. The molecule has 4 saturated carbocycles. The summed E-state index contributed by atoms with van der Waals surface area (Å²) in [6, 6.07) is 10.1. The van der Waals surface area contributed by atoms with Gasteiger partial charge in [-0.2, -0.15) is 0 Å². The minimum absolute atomic E-state index is 0.0738. The topological polar surface area (TPSA) is 461 Å². The van der Waals surface area contributed by atoms with E-state index in [-0.39, 0.29) is 70.0 Å². The number of fused-ring (bicyclic) bond motifs is 8. The molecule has 1 aromatic heterocycles. The van der Waals surface area contributed by atoms with Gasteiger partial charge in [0.25, 0.3) is 0 Å². The SMILES string of the molecule is CC1OC(OC2CCC3(C)C(CCC4(C)C3CC=C3C5CC(C)(C)CCC5(C(=O)OC5OCC(O)C(O)C5OC5OC(C)C(OC6OC(CO)C(O)C(O)C6O)C(O)C5O)C(O)CC34C)C2(C)C)C(O)C(O)C1OC1OCC(O)C(O)C1O.COc1ccc(-c2coc3c(OC)c(O)ccc3c2=O)cc1. The van der Waals surface area contributed by atoms with Crippen molar-refractivity contribution in [2.24, 2.45) is 50.2 Å². The number of ether oxygens (including phenoxy) is 12. The van der Waals surface area contributed by atoms with E-state index >= 15 is 4.79 Å². The second-order valence-corrected chi connectivity index (χ2v) is 33.0. The fourth-order valence-corrected chi connectivity index (χ4v) is 19.8. The van der Waals surface area contributed by atoms with E-state index in [9.17, 15) is 81.4 Å². The number of aliphatic hydroxyl groups excluding tert-OH is 14. The highest BCUT2D eigenvalue weighted by atomic mass is 16.8. The molecule has 5 saturated heterocycles. The van der Waals surface area contributed by atoms with Gasteiger partial charge in [-0.25, -0.2) is 0 Å². The number of esters is 1. The van der Waals surface area contributed by atoms with Crippen LogP contribution >= 0.6 is 0 Å². The van der Waals surface area contributed by atoms with Gasteiger partial charge in [0.15, 0.2) is 42.6 Å². The molecule has 32 atom stereocenters. The van der Waals surface area contributed by atoms with Crippen molar-refractivity contribution in [3.8, 4) is 28.4 Å². The average Bonchev–Trinajstić information content (AvgIpc) is 0.671. The Morgan fingerprint density at radius 3 is 1.79 bits per heavy atom. The molecule has 588 valence electrons. The molecule has 5 aliphatic carbocycles. The molecule has 15 N–H and O–H groups in total. The molecule has 30 heteroatoms. The largest absolute Gasteiger partial charge is 0.504 e. The van der Waals surface area contributed by atoms with Crippen LogP contribution in [0.15, 0.2) is 63.5 Å². The van der Waals surface area contributed by atoms with Crippen molar-refractivity contribution < 1.29 is 143 Å². The minimum atomic E-state index is -1.93. The molecule has 30 nitrogen and oxygen atoms in total. The Hall–Kier alpha value is -4.66. The van der Waals surface area contributed by atoms with E-state index in [4.69, 9.17) is 61.3 Å². The summed E-state index contributed by atoms with van der Waals surface area (Å²) in [5.74, 6) is -0.218. The molecule has 9 fully saturated rings. The molecule has 2 aromatic carbocycles. The first-order chi connectivity index (χ1) is 49.4. The number of methoxy groups -OCH3 is 2. The lowest BCUT2D eigenvalue weighted by Crippen LogP contribution is -2.68. The third-order valence-electron chi connectivity index (χ3n) is 26.2. The number of hydrogen-bond acceptors (Lipinski definition) is 30. The summed E-state index contributed by atoms with van der Waals surface area (Å²) in [6.07, 6.45) is -27.9. The number of carbonyl (C=O) groups is 1. The van der Waals surface area contributed by atoms with Crippen LogP contribution < -0.4 is 14.9 Å². The third kappa shape index (κ3) is 13.9. The summed E-state index contributed by atoms with van der Waals surface area (Å²) in [7, 11) is 2.99. The number of benzene rings is 2. The van der Waals surface area contributed by atoms with Crippen molar-refractivity contribution in [2.75, 3.05) is 34.0 Å². The van der Waals surface area contributed by atoms with Crippen molar-refractivity contribution in [3.05, 3.63) is 64.5 Å². The van der Waals surface area contributed by atoms with Crippen molar-refractivity contribution in [3.63, 3.8) is 0 Å². The van der Waals surface area contributed by atoms with Crippen LogP contribution in [-0.2, 0) is 52.2 Å². The molecule has 32 unspecified atom stereocenters. The Kier molecular flexibility index (Phi) is 23.0. The summed E-state index contributed by atoms with van der Waals surface area (Å²) in [6.45, 7) is 17.2. The van der Waals surface area contributed by atoms with E-state index in [1.807, 2.05) is 0 Å². The van der Waals surface area contributed by atoms with Crippen LogP contribution in [0.3, 0.4) is 0 Å². The highest BCUT2D eigenvalue weighted by molar-refractivity contribution is 5.88. The standard InChI is InChI=1S/C58H94O25.C17H14O5/c1-23-44(80-47-40(69)34(63)27(60)21-74-47)38(67)42(71)48(76-23)79-33-13-14-55(7)30(54(33,5)6)12-15-56(8)31(55)11-10-25-26-18-53(3,4)16-17-58(26,32(62)19-57(25,56)9)52(73)83-51-46(35(64)28(61)22-75-51)82-49-43(72)39(68)45(24(2)77-49)81-50-41(70)37(66)36(65)29(20-59)78-50;1-20-11-5-3-10(4-6-11)13-9-22-16-12(15(13)19)7-8-14(18)17(16)21-2/h10,23-24,26-51,59-72H,11-22H2,1-9H3;3-9,18H,1-2H3. The maximum atomic E-state index is 15.4. The van der Waals surface area contributed by atoms with Crippen molar-refractivity contribution in [1.82, 2.24) is 0 Å². The van der Waals surface area contributed by atoms with Gasteiger partial charge in [-0.05, 0) is 146 Å². The maximum absolute atomic E-state index is 15.4. The van der Waals surface area contributed by atoms with Crippen LogP contribution in [0.5, 0.6) is 17.2 Å². The molecule has 5 aliphatic heterocycles. The zero-order valence-corrected chi connectivity index (χ0v) is 61.1. The molecule has 0 radical (unpaired) electrons. The number of carbonyl (C=O) groups excluding carboxylic acids is 1. The van der Waals surface area contributed by atoms with E-state index in [1.54, 1.807) is 38.3 Å². The fraction of sp³-hybridized carbons (Fsp3) is 0.760. The lowest BCUT2D eigenvalue weighted by molar-refractivity contribution is -0.374. The van der Waals surface area contributed by atoms with Gasteiger partial charge >= 0.3 is 5.97 Å². The highest BCUT2D eigenvalue weighted by Crippen LogP contribution is 2.76. The molecular formula is C75H108O30. The first-order valence-corrected chi connectivity index (χ1v) is 36.6. The molecule has 6 heterocycles. The highest BCUT2D eigenvalue weighted by Gasteiger charge is 2.72. The normalized spacial score (nSPS) is 45.8. The van der Waals surface area contributed by atoms with Gasteiger partial charge in [-0.15, -0.1) is 0 Å². The number of aromatic hydroxyl groups is 1. The summed E-state index contributed by atoms with van der Waals surface area (Å²) < 4.78 is 75.3. The fourth-order valence-electron chi connectivity index (χ4n) is 19.8. The Labute approximate surface area is 608 Å². The predicted octanol–water partition coefficient (Wildman–Crippen LogP) is 1.28. The number of allylic oxidation sites excluding steroid dienone is 2. The Balaban J connectivity index is 0.000000399. The van der Waals surface area contributed by atoms with E-state index < -0.39 is 195 Å². The molecule has 3 aromatic rings. The molecule has 0 bridgehead atoms. The van der Waals surface area contributed by atoms with Crippen LogP contribution in [0.4, 0.5) is 0 Å². The summed E-state index contributed by atoms with van der Waals surface area (Å²) in [5, 5.41) is 163. The molecule has 10 aliphatic rings. The van der Waals surface area contributed by atoms with E-state index in [2.05, 4.69) is 54.5 Å². The van der Waals surface area contributed by atoms with Crippen LogP contribution in [-0.4, -0.2) is 270 Å². The summed E-state index contributed by atoms with van der Waals surface area (Å²) >= 11 is 0. The number of hydrogen-bond donors (Lipinski definition) is 15. The van der Waals surface area contributed by atoms with E-state index in [0.717, 1.165) is 30.4 Å². The molecule has 0 spiro atoms. The zero-order valence-electron chi connectivity index (χ0n) is 61.1. The van der Waals surface area contributed by atoms with Gasteiger partial charge in [0.2, 0.25) is 17.5 Å². The number of phenolic OH excluding ortho intramolecular Hbond substituents is 1. The molecular weight excluding hydrogens is 1380 g/mol. The van der Waals surface area contributed by atoms with Gasteiger partial charge < -0.3 is 138 Å². The number of rotatable bonds is 14. The van der Waals surface area contributed by atoms with Gasteiger partial charge in [-0.3, -0.25) is 9.59 Å². The Morgan fingerprint density at radius 1 is 0.581 bits per heavy atom. The van der Waals surface area contributed by atoms with Crippen molar-refractivity contribution >= 4 is 16.9 Å². The minimum Gasteiger partial charge on any atom is -0.504 e. The first-order valence-electron chi connectivity index (χ1n) is 36.6. The average molecular weight is 1490 g/mol. The monoisotopic (exact) mass is 1490 g/mol. The summed E-state index contributed by atoms with van der Waals surface area (Å²) in [5.41, 5.74) is -1.08. The van der Waals surface area contributed by atoms with Crippen LogP contribution in [0, 0.1) is 50.2 Å². The van der Waals surface area contributed by atoms with E-state index in [1.165, 1.54) is 32.4 Å². The lowest BCUT2D eigenvalue weighted by atomic mass is 9.33. The second kappa shape index (κ2) is 30.2. The quantitative estimate of drug-likeness (QED) is 0.0614. The van der Waals surface area contributed by atoms with Gasteiger partial charge in [-0.1, -0.05) is 72.2 Å². The van der Waals surface area contributed by atoms with Gasteiger partial charge in [0.1, 0.15) is 109 Å². The van der Waals surface area contributed by atoms with E-state index in [0.29, 0.717) is 42.4 Å². The number of phenols is 1. The van der Waals surface area contributed by atoms with Crippen molar-refractivity contribution in [2.45, 2.75) is 274 Å². The zero-order chi connectivity index (χ0) is 76.3. The Morgan fingerprint density at radius 2 is 1.16 bits per heavy atom. The van der Waals surface area contributed by atoms with Crippen LogP contribution in [0.2, 0.25) is 0 Å². The van der Waals surface area contributed by atoms with Crippen LogP contribution in [0.25, 0.3) is 22.1 Å². The molecule has 105 heavy (non-hydrogen) atoms. The summed E-state index contributed by atoms with van der Waals surface area (Å²) in [4.78, 5) is 28.0. The molecule has 0 amide bonds. The number of aliphatic hydroxyl groups is 14. The lowest BCUT2D eigenvalue weighted by Gasteiger charge is -2.71. The first kappa shape index (κ1) is 79.9. The molecule has 13 rings (SSSR count).